The fraction of sp³-hybridized carbons (Fsp3) is 0.500. The number of aliphatic hydroxyl groups is 1. The Labute approximate surface area is 136 Å². The minimum atomic E-state index is -0.561. The number of aromatic nitrogens is 2. The maximum absolute atomic E-state index is 10.3. The minimum Gasteiger partial charge on any atom is -0.387 e. The second kappa shape index (κ2) is 7.07. The van der Waals surface area contributed by atoms with E-state index in [0.717, 1.165) is 27.9 Å². The summed E-state index contributed by atoms with van der Waals surface area (Å²) in [6.07, 6.45) is 4.07. The summed E-state index contributed by atoms with van der Waals surface area (Å²) in [4.78, 5) is 0.860. The van der Waals surface area contributed by atoms with Crippen LogP contribution in [0.5, 0.6) is 0 Å². The molecule has 3 nitrogen and oxygen atoms in total. The average Bonchev–Trinajstić information content (AvgIpc) is 3.00. The van der Waals surface area contributed by atoms with Crippen molar-refractivity contribution in [3.8, 4) is 0 Å². The van der Waals surface area contributed by atoms with Crippen LogP contribution in [-0.4, -0.2) is 14.9 Å². The summed E-state index contributed by atoms with van der Waals surface area (Å²) < 4.78 is 3.50. The topological polar surface area (TPSA) is 38.0 Å². The zero-order valence-electron chi connectivity index (χ0n) is 11.5. The SMILES string of the molecule is CCC(CC)n1ccc(CC(O)c2cc(Br)c(Cl)s2)n1. The first-order valence-corrected chi connectivity index (χ1v) is 8.70. The molecule has 2 aromatic rings. The fourth-order valence-corrected chi connectivity index (χ4v) is 3.90. The molecule has 2 aromatic heterocycles. The molecule has 0 aliphatic rings. The first kappa shape index (κ1) is 16.0. The third-order valence-electron chi connectivity index (χ3n) is 3.38. The van der Waals surface area contributed by atoms with E-state index in [1.807, 2.05) is 23.0 Å². The summed E-state index contributed by atoms with van der Waals surface area (Å²) in [7, 11) is 0. The van der Waals surface area contributed by atoms with E-state index in [0.29, 0.717) is 16.8 Å². The van der Waals surface area contributed by atoms with Crippen LogP contribution in [-0.2, 0) is 6.42 Å². The quantitative estimate of drug-likeness (QED) is 0.769. The van der Waals surface area contributed by atoms with Gasteiger partial charge in [-0.05, 0) is 40.9 Å². The summed E-state index contributed by atoms with van der Waals surface area (Å²) in [5.74, 6) is 0. The smallest absolute Gasteiger partial charge is 0.107 e. The van der Waals surface area contributed by atoms with E-state index < -0.39 is 6.10 Å². The van der Waals surface area contributed by atoms with Crippen LogP contribution in [0.15, 0.2) is 22.8 Å². The molecule has 0 bridgehead atoms. The third kappa shape index (κ3) is 3.64. The van der Waals surface area contributed by atoms with Crippen LogP contribution in [0, 0.1) is 0 Å². The van der Waals surface area contributed by atoms with Crippen LogP contribution < -0.4 is 0 Å². The van der Waals surface area contributed by atoms with Gasteiger partial charge in [0.15, 0.2) is 0 Å². The Hall–Kier alpha value is -0.360. The van der Waals surface area contributed by atoms with Crippen LogP contribution in [0.3, 0.4) is 0 Å². The molecule has 0 aliphatic heterocycles. The van der Waals surface area contributed by atoms with Crippen molar-refractivity contribution in [2.45, 2.75) is 45.3 Å². The Morgan fingerprint density at radius 1 is 1.45 bits per heavy atom. The summed E-state index contributed by atoms with van der Waals surface area (Å²) in [5, 5.41) is 14.8. The molecule has 0 saturated carbocycles. The standard InChI is InChI=1S/C14H18BrClN2OS/c1-3-10(4-2)18-6-5-9(17-18)7-12(19)13-8-11(15)14(16)20-13/h5-6,8,10,12,19H,3-4,7H2,1-2H3. The number of hydrogen-bond acceptors (Lipinski definition) is 3. The Morgan fingerprint density at radius 3 is 2.70 bits per heavy atom. The summed E-state index contributed by atoms with van der Waals surface area (Å²) in [6.45, 7) is 4.32. The first-order chi connectivity index (χ1) is 9.55. The number of hydrogen-bond donors (Lipinski definition) is 1. The molecule has 0 fully saturated rings. The van der Waals surface area contributed by atoms with E-state index in [1.54, 1.807) is 0 Å². The highest BCUT2D eigenvalue weighted by Gasteiger charge is 2.16. The van der Waals surface area contributed by atoms with E-state index in [1.165, 1.54) is 11.3 Å². The van der Waals surface area contributed by atoms with Crippen LogP contribution in [0.1, 0.15) is 49.4 Å². The predicted octanol–water partition coefficient (Wildman–Crippen LogP) is 5.00. The Balaban J connectivity index is 2.06. The molecule has 110 valence electrons. The lowest BCUT2D eigenvalue weighted by Gasteiger charge is -2.12. The van der Waals surface area contributed by atoms with Gasteiger partial charge in [0.25, 0.3) is 0 Å². The van der Waals surface area contributed by atoms with Crippen molar-refractivity contribution in [3.05, 3.63) is 37.7 Å². The van der Waals surface area contributed by atoms with E-state index in [-0.39, 0.29) is 0 Å². The highest BCUT2D eigenvalue weighted by Crippen LogP contribution is 2.36. The highest BCUT2D eigenvalue weighted by atomic mass is 79.9. The zero-order valence-corrected chi connectivity index (χ0v) is 14.7. The Bertz CT molecular complexity index is 546. The third-order valence-corrected chi connectivity index (χ3v) is 5.95. The van der Waals surface area contributed by atoms with E-state index in [9.17, 15) is 5.11 Å². The largest absolute Gasteiger partial charge is 0.387 e. The monoisotopic (exact) mass is 376 g/mol. The molecule has 0 radical (unpaired) electrons. The van der Waals surface area contributed by atoms with Crippen molar-refractivity contribution in [2.75, 3.05) is 0 Å². The molecule has 0 aliphatic carbocycles. The van der Waals surface area contributed by atoms with Crippen molar-refractivity contribution in [3.63, 3.8) is 0 Å². The molecule has 2 heterocycles. The van der Waals surface area contributed by atoms with Gasteiger partial charge in [-0.2, -0.15) is 5.10 Å². The lowest BCUT2D eigenvalue weighted by atomic mass is 10.2. The molecule has 0 amide bonds. The maximum atomic E-state index is 10.3. The number of rotatable bonds is 6. The molecule has 20 heavy (non-hydrogen) atoms. The van der Waals surface area contributed by atoms with Crippen LogP contribution in [0.2, 0.25) is 4.34 Å². The number of nitrogens with zero attached hydrogens (tertiary/aromatic N) is 2. The molecule has 1 unspecified atom stereocenters. The van der Waals surface area contributed by atoms with Crippen molar-refractivity contribution >= 4 is 38.9 Å². The summed E-state index contributed by atoms with van der Waals surface area (Å²) in [5.41, 5.74) is 0.907. The van der Waals surface area contributed by atoms with Crippen molar-refractivity contribution < 1.29 is 5.11 Å². The molecule has 2 rings (SSSR count). The first-order valence-electron chi connectivity index (χ1n) is 6.71. The molecule has 0 saturated heterocycles. The lowest BCUT2D eigenvalue weighted by Crippen LogP contribution is -2.08. The predicted molar refractivity (Wildman–Crippen MR) is 87.5 cm³/mol. The lowest BCUT2D eigenvalue weighted by molar-refractivity contribution is 0.180. The van der Waals surface area contributed by atoms with Crippen molar-refractivity contribution in [1.29, 1.82) is 0 Å². The van der Waals surface area contributed by atoms with E-state index in [4.69, 9.17) is 11.6 Å². The Kier molecular flexibility index (Phi) is 5.66. The van der Waals surface area contributed by atoms with Gasteiger partial charge >= 0.3 is 0 Å². The van der Waals surface area contributed by atoms with Gasteiger partial charge in [-0.25, -0.2) is 0 Å². The normalized spacial score (nSPS) is 13.1. The van der Waals surface area contributed by atoms with Gasteiger partial charge in [0.2, 0.25) is 0 Å². The molecule has 1 atom stereocenters. The van der Waals surface area contributed by atoms with Gasteiger partial charge in [0, 0.05) is 22.0 Å². The highest BCUT2D eigenvalue weighted by molar-refractivity contribution is 9.10. The fourth-order valence-electron chi connectivity index (χ4n) is 2.18. The van der Waals surface area contributed by atoms with Gasteiger partial charge < -0.3 is 5.11 Å². The summed E-state index contributed by atoms with van der Waals surface area (Å²) >= 11 is 10.8. The molecule has 0 spiro atoms. The zero-order chi connectivity index (χ0) is 14.7. The maximum Gasteiger partial charge on any atom is 0.107 e. The van der Waals surface area contributed by atoms with Gasteiger partial charge in [0.05, 0.1) is 17.8 Å². The second-order valence-electron chi connectivity index (χ2n) is 4.75. The average molecular weight is 378 g/mol. The number of aliphatic hydroxyl groups excluding tert-OH is 1. The number of halogens is 2. The van der Waals surface area contributed by atoms with Crippen LogP contribution >= 0.6 is 38.9 Å². The van der Waals surface area contributed by atoms with Crippen molar-refractivity contribution in [1.82, 2.24) is 9.78 Å². The molecule has 6 heteroatoms. The van der Waals surface area contributed by atoms with E-state index in [2.05, 4.69) is 34.9 Å². The molecule has 1 N–H and O–H groups in total. The molecule has 0 aromatic carbocycles. The van der Waals surface area contributed by atoms with Gasteiger partial charge in [0.1, 0.15) is 4.34 Å². The summed E-state index contributed by atoms with van der Waals surface area (Å²) in [6, 6.07) is 4.28. The van der Waals surface area contributed by atoms with Crippen LogP contribution in [0.4, 0.5) is 0 Å². The number of thiophene rings is 1. The minimum absolute atomic E-state index is 0.436. The second-order valence-corrected chi connectivity index (χ2v) is 7.29. The van der Waals surface area contributed by atoms with Crippen LogP contribution in [0.25, 0.3) is 0 Å². The molecular weight excluding hydrogens is 360 g/mol. The van der Waals surface area contributed by atoms with Gasteiger partial charge in [-0.15, -0.1) is 11.3 Å². The van der Waals surface area contributed by atoms with Gasteiger partial charge in [-0.3, -0.25) is 4.68 Å². The van der Waals surface area contributed by atoms with Gasteiger partial charge in [-0.1, -0.05) is 25.4 Å². The van der Waals surface area contributed by atoms with E-state index >= 15 is 0 Å². The molecular formula is C14H18BrClN2OS. The van der Waals surface area contributed by atoms with Crippen molar-refractivity contribution in [2.24, 2.45) is 0 Å². The Morgan fingerprint density at radius 2 is 2.15 bits per heavy atom.